The van der Waals surface area contributed by atoms with Gasteiger partial charge in [0, 0.05) is 20.7 Å². The topological polar surface area (TPSA) is 58.6 Å². The van der Waals surface area contributed by atoms with Crippen LogP contribution in [-0.4, -0.2) is 28.9 Å². The number of carbonyl (C=O) groups is 2. The third kappa shape index (κ3) is 4.74. The molecule has 2 aromatic rings. The van der Waals surface area contributed by atoms with E-state index in [9.17, 15) is 9.59 Å². The van der Waals surface area contributed by atoms with Gasteiger partial charge < -0.3 is 4.74 Å². The van der Waals surface area contributed by atoms with Crippen LogP contribution < -0.4 is 10.1 Å². The van der Waals surface area contributed by atoms with Crippen molar-refractivity contribution in [2.75, 3.05) is 7.05 Å². The summed E-state index contributed by atoms with van der Waals surface area (Å²) in [5.41, 5.74) is 1.64. The maximum Gasteiger partial charge on any atom is 0.265 e. The van der Waals surface area contributed by atoms with E-state index in [1.54, 1.807) is 12.1 Å². The highest BCUT2D eigenvalue weighted by atomic mass is 127. The van der Waals surface area contributed by atoms with E-state index in [4.69, 9.17) is 17.0 Å². The second-order valence-corrected chi connectivity index (χ2v) is 8.33. The van der Waals surface area contributed by atoms with E-state index < -0.39 is 11.8 Å². The van der Waals surface area contributed by atoms with E-state index >= 15 is 0 Å². The van der Waals surface area contributed by atoms with Crippen molar-refractivity contribution in [3.63, 3.8) is 0 Å². The molecule has 2 amide bonds. The molecule has 27 heavy (non-hydrogen) atoms. The van der Waals surface area contributed by atoms with Gasteiger partial charge in [-0.1, -0.05) is 28.1 Å². The average Bonchev–Trinajstić information content (AvgIpc) is 2.64. The van der Waals surface area contributed by atoms with Crippen LogP contribution in [0.2, 0.25) is 0 Å². The number of hydrogen-bond acceptors (Lipinski definition) is 4. The fourth-order valence-corrected chi connectivity index (χ4v) is 3.32. The Morgan fingerprint density at radius 2 is 1.93 bits per heavy atom. The van der Waals surface area contributed by atoms with Crippen molar-refractivity contribution in [2.24, 2.45) is 0 Å². The van der Waals surface area contributed by atoms with E-state index in [0.29, 0.717) is 17.9 Å². The van der Waals surface area contributed by atoms with Crippen LogP contribution in [0.25, 0.3) is 6.08 Å². The molecule has 1 fully saturated rings. The Kier molecular flexibility index (Phi) is 6.28. The first-order chi connectivity index (χ1) is 12.8. The lowest BCUT2D eigenvalue weighted by Crippen LogP contribution is -2.52. The molecule has 0 saturated carbocycles. The van der Waals surface area contributed by atoms with Crippen LogP contribution in [0.3, 0.4) is 0 Å². The lowest BCUT2D eigenvalue weighted by atomic mass is 10.1. The minimum Gasteiger partial charge on any atom is -0.488 e. The third-order valence-electron chi connectivity index (χ3n) is 3.88. The maximum atomic E-state index is 12.4. The van der Waals surface area contributed by atoms with Gasteiger partial charge in [-0.2, -0.15) is 0 Å². The zero-order valence-corrected chi connectivity index (χ0v) is 18.7. The van der Waals surface area contributed by atoms with Gasteiger partial charge in [0.2, 0.25) is 0 Å². The summed E-state index contributed by atoms with van der Waals surface area (Å²) in [5.74, 6) is -0.403. The molecule has 2 aromatic carbocycles. The Morgan fingerprint density at radius 1 is 1.22 bits per heavy atom. The number of rotatable bonds is 4. The first-order valence-electron chi connectivity index (χ1n) is 7.87. The quantitative estimate of drug-likeness (QED) is 0.269. The van der Waals surface area contributed by atoms with Crippen molar-refractivity contribution in [3.8, 4) is 5.75 Å². The highest BCUT2D eigenvalue weighted by molar-refractivity contribution is 14.1. The molecule has 0 atom stereocenters. The second-order valence-electron chi connectivity index (χ2n) is 5.78. The lowest BCUT2D eigenvalue weighted by molar-refractivity contribution is -0.128. The molecule has 8 heteroatoms. The van der Waals surface area contributed by atoms with Gasteiger partial charge in [-0.05, 0) is 76.8 Å². The molecule has 0 spiro atoms. The Morgan fingerprint density at radius 3 is 2.63 bits per heavy atom. The number of amides is 2. The van der Waals surface area contributed by atoms with Crippen molar-refractivity contribution >= 4 is 73.7 Å². The van der Waals surface area contributed by atoms with Crippen LogP contribution in [0, 0.1) is 3.57 Å². The normalized spacial score (nSPS) is 15.9. The Balaban J connectivity index is 1.89. The predicted octanol–water partition coefficient (Wildman–Crippen LogP) is 3.89. The summed E-state index contributed by atoms with van der Waals surface area (Å²) >= 11 is 10.6. The van der Waals surface area contributed by atoms with Crippen LogP contribution >= 0.6 is 50.7 Å². The van der Waals surface area contributed by atoms with Gasteiger partial charge in [0.25, 0.3) is 11.8 Å². The molecule has 138 valence electrons. The molecule has 1 aliphatic rings. The molecule has 1 saturated heterocycles. The third-order valence-corrected chi connectivity index (χ3v) is 5.47. The number of likely N-dealkylation sites (N-methyl/N-ethyl adjacent to an activating group) is 1. The molecule has 1 aliphatic heterocycles. The van der Waals surface area contributed by atoms with E-state index in [1.165, 1.54) is 18.0 Å². The largest absolute Gasteiger partial charge is 0.488 e. The number of benzene rings is 2. The van der Waals surface area contributed by atoms with Crippen LogP contribution in [0.5, 0.6) is 5.75 Å². The molecule has 0 unspecified atom stereocenters. The van der Waals surface area contributed by atoms with Crippen LogP contribution in [0.4, 0.5) is 0 Å². The molecule has 0 aliphatic carbocycles. The summed E-state index contributed by atoms with van der Waals surface area (Å²) in [7, 11) is 1.52. The highest BCUT2D eigenvalue weighted by Crippen LogP contribution is 2.27. The van der Waals surface area contributed by atoms with Gasteiger partial charge >= 0.3 is 0 Å². The molecule has 1 N–H and O–H groups in total. The standard InChI is InChI=1S/C19H14BrIN2O3S/c1-23-18(25)15(17(24)22-19(23)27)9-12-8-13(20)4-7-16(12)26-10-11-2-5-14(21)6-3-11/h2-9H,10H2,1H3,(H,22,24,27)/b15-9-. The van der Waals surface area contributed by atoms with Gasteiger partial charge in [-0.15, -0.1) is 0 Å². The average molecular weight is 557 g/mol. The fraction of sp³-hybridized carbons (Fsp3) is 0.105. The van der Waals surface area contributed by atoms with E-state index in [0.717, 1.165) is 13.6 Å². The number of ether oxygens (including phenoxy) is 1. The molecular weight excluding hydrogens is 543 g/mol. The van der Waals surface area contributed by atoms with Crippen LogP contribution in [0.15, 0.2) is 52.5 Å². The first-order valence-corrected chi connectivity index (χ1v) is 10.1. The van der Waals surface area contributed by atoms with Crippen molar-refractivity contribution in [1.29, 1.82) is 0 Å². The van der Waals surface area contributed by atoms with Gasteiger partial charge in [0.1, 0.15) is 17.9 Å². The summed E-state index contributed by atoms with van der Waals surface area (Å²) in [6.07, 6.45) is 1.52. The molecule has 0 aromatic heterocycles. The zero-order valence-electron chi connectivity index (χ0n) is 14.2. The molecule has 5 nitrogen and oxygen atoms in total. The van der Waals surface area contributed by atoms with E-state index in [1.807, 2.05) is 30.3 Å². The van der Waals surface area contributed by atoms with E-state index in [2.05, 4.69) is 43.8 Å². The molecule has 1 heterocycles. The summed E-state index contributed by atoms with van der Waals surface area (Å²) in [4.78, 5) is 25.8. The monoisotopic (exact) mass is 556 g/mol. The number of nitrogens with one attached hydrogen (secondary N) is 1. The Hall–Kier alpha value is -1.78. The van der Waals surface area contributed by atoms with Gasteiger partial charge in [0.05, 0.1) is 0 Å². The smallest absolute Gasteiger partial charge is 0.265 e. The summed E-state index contributed by atoms with van der Waals surface area (Å²) in [6, 6.07) is 13.4. The Labute approximate surface area is 184 Å². The number of halogens is 2. The van der Waals surface area contributed by atoms with Crippen LogP contribution in [-0.2, 0) is 16.2 Å². The number of thiocarbonyl (C=S) groups is 1. The van der Waals surface area contributed by atoms with Crippen LogP contribution in [0.1, 0.15) is 11.1 Å². The Bertz CT molecular complexity index is 960. The van der Waals surface area contributed by atoms with Gasteiger partial charge in [-0.3, -0.25) is 19.8 Å². The minimum atomic E-state index is -0.522. The van der Waals surface area contributed by atoms with Crippen molar-refractivity contribution < 1.29 is 14.3 Å². The molecule has 3 rings (SSSR count). The molecule has 0 bridgehead atoms. The molecular formula is C19H14BrIN2O3S. The number of hydrogen-bond donors (Lipinski definition) is 1. The zero-order chi connectivity index (χ0) is 19.6. The lowest BCUT2D eigenvalue weighted by Gasteiger charge is -2.25. The highest BCUT2D eigenvalue weighted by Gasteiger charge is 2.31. The summed E-state index contributed by atoms with van der Waals surface area (Å²) in [5, 5.41) is 2.59. The first kappa shape index (κ1) is 20.0. The second kappa shape index (κ2) is 8.49. The van der Waals surface area contributed by atoms with Crippen molar-refractivity contribution in [3.05, 3.63) is 67.2 Å². The maximum absolute atomic E-state index is 12.4. The number of nitrogens with zero attached hydrogens (tertiary/aromatic N) is 1. The number of carbonyl (C=O) groups excluding carboxylic acids is 2. The van der Waals surface area contributed by atoms with E-state index in [-0.39, 0.29) is 10.7 Å². The van der Waals surface area contributed by atoms with Crippen molar-refractivity contribution in [2.45, 2.75) is 6.61 Å². The summed E-state index contributed by atoms with van der Waals surface area (Å²) < 4.78 is 7.88. The van der Waals surface area contributed by atoms with Crippen molar-refractivity contribution in [1.82, 2.24) is 10.2 Å². The predicted molar refractivity (Wildman–Crippen MR) is 119 cm³/mol. The van der Waals surface area contributed by atoms with Gasteiger partial charge in [0.15, 0.2) is 5.11 Å². The SMILES string of the molecule is CN1C(=O)/C(=C\c2cc(Br)ccc2OCc2ccc(I)cc2)C(=O)NC1=S. The molecule has 0 radical (unpaired) electrons. The van der Waals surface area contributed by atoms with Gasteiger partial charge in [-0.25, -0.2) is 0 Å². The minimum absolute atomic E-state index is 0.00307. The summed E-state index contributed by atoms with van der Waals surface area (Å²) in [6.45, 7) is 0.374. The fourth-order valence-electron chi connectivity index (χ4n) is 2.41.